The van der Waals surface area contributed by atoms with Gasteiger partial charge >= 0.3 is 0 Å². The summed E-state index contributed by atoms with van der Waals surface area (Å²) in [6, 6.07) is 9.69. The fourth-order valence-electron chi connectivity index (χ4n) is 2.83. The average molecular weight is 316 g/mol. The molecule has 4 aromatic rings. The lowest BCUT2D eigenvalue weighted by molar-refractivity contribution is 0.966. The Morgan fingerprint density at radius 2 is 1.88 bits per heavy atom. The van der Waals surface area contributed by atoms with Crippen molar-refractivity contribution in [3.63, 3.8) is 0 Å². The van der Waals surface area contributed by atoms with E-state index in [-0.39, 0.29) is 0 Å². The smallest absolute Gasteiger partial charge is 0.151 e. The summed E-state index contributed by atoms with van der Waals surface area (Å²) in [6.45, 7) is 4.15. The minimum Gasteiger partial charge on any atom is -0.338 e. The Kier molecular flexibility index (Phi) is 3.42. The van der Waals surface area contributed by atoms with Crippen LogP contribution in [0.1, 0.15) is 11.3 Å². The zero-order chi connectivity index (χ0) is 16.5. The Hall–Kier alpha value is -3.28. The number of aromatic nitrogens is 5. The van der Waals surface area contributed by atoms with Gasteiger partial charge < -0.3 is 5.32 Å². The monoisotopic (exact) mass is 316 g/mol. The van der Waals surface area contributed by atoms with E-state index in [1.165, 1.54) is 0 Å². The molecule has 24 heavy (non-hydrogen) atoms. The molecule has 118 valence electrons. The van der Waals surface area contributed by atoms with Crippen LogP contribution in [0, 0.1) is 13.8 Å². The molecular weight excluding hydrogens is 300 g/mol. The van der Waals surface area contributed by atoms with Gasteiger partial charge in [0, 0.05) is 18.1 Å². The molecule has 0 bridgehead atoms. The van der Waals surface area contributed by atoms with Crippen LogP contribution in [0.2, 0.25) is 0 Å². The van der Waals surface area contributed by atoms with Crippen molar-refractivity contribution in [2.75, 3.05) is 5.32 Å². The van der Waals surface area contributed by atoms with Crippen molar-refractivity contribution in [1.82, 2.24) is 24.5 Å². The van der Waals surface area contributed by atoms with Gasteiger partial charge in [0.05, 0.1) is 17.3 Å². The highest BCUT2D eigenvalue weighted by Crippen LogP contribution is 2.31. The molecule has 0 fully saturated rings. The van der Waals surface area contributed by atoms with Gasteiger partial charge in [0.25, 0.3) is 0 Å². The number of pyridine rings is 2. The van der Waals surface area contributed by atoms with Crippen molar-refractivity contribution in [3.8, 4) is 5.82 Å². The van der Waals surface area contributed by atoms with Gasteiger partial charge in [-0.3, -0.25) is 9.55 Å². The molecule has 4 aromatic heterocycles. The molecule has 0 radical (unpaired) electrons. The predicted molar refractivity (Wildman–Crippen MR) is 93.7 cm³/mol. The molecular formula is C18H16N6. The molecule has 0 atom stereocenters. The molecule has 6 nitrogen and oxygen atoms in total. The van der Waals surface area contributed by atoms with Crippen LogP contribution in [0.15, 0.2) is 55.2 Å². The maximum absolute atomic E-state index is 4.50. The van der Waals surface area contributed by atoms with E-state index in [1.54, 1.807) is 24.9 Å². The first-order valence-electron chi connectivity index (χ1n) is 7.67. The van der Waals surface area contributed by atoms with E-state index in [0.717, 1.165) is 39.6 Å². The predicted octanol–water partition coefficient (Wildman–Crippen LogP) is 3.57. The SMILES string of the molecule is Cc1c(C)n(-c2ccccn2)c2ncnc(Nc3cccnc3)c12. The minimum absolute atomic E-state index is 0.767. The lowest BCUT2D eigenvalue weighted by Gasteiger charge is -2.08. The Labute approximate surface area is 139 Å². The van der Waals surface area contributed by atoms with Crippen LogP contribution in [0.5, 0.6) is 0 Å². The fourth-order valence-corrected chi connectivity index (χ4v) is 2.83. The summed E-state index contributed by atoms with van der Waals surface area (Å²) < 4.78 is 2.06. The van der Waals surface area contributed by atoms with E-state index in [2.05, 4.69) is 43.7 Å². The number of nitrogens with one attached hydrogen (secondary N) is 1. The number of aryl methyl sites for hydroxylation is 1. The lowest BCUT2D eigenvalue weighted by atomic mass is 10.2. The molecule has 0 spiro atoms. The summed E-state index contributed by atoms with van der Waals surface area (Å²) in [5.74, 6) is 1.61. The number of anilines is 2. The van der Waals surface area contributed by atoms with Crippen LogP contribution in [0.3, 0.4) is 0 Å². The minimum atomic E-state index is 0.767. The molecule has 4 rings (SSSR count). The summed E-state index contributed by atoms with van der Waals surface area (Å²) in [5, 5.41) is 4.32. The van der Waals surface area contributed by atoms with Crippen molar-refractivity contribution >= 4 is 22.5 Å². The van der Waals surface area contributed by atoms with Crippen LogP contribution in [-0.4, -0.2) is 24.5 Å². The zero-order valence-electron chi connectivity index (χ0n) is 13.4. The van der Waals surface area contributed by atoms with Crippen LogP contribution < -0.4 is 5.32 Å². The highest BCUT2D eigenvalue weighted by atomic mass is 15.1. The van der Waals surface area contributed by atoms with Gasteiger partial charge in [-0.1, -0.05) is 6.07 Å². The third kappa shape index (κ3) is 2.28. The first-order chi connectivity index (χ1) is 11.8. The van der Waals surface area contributed by atoms with Crippen molar-refractivity contribution in [1.29, 1.82) is 0 Å². The molecule has 0 unspecified atom stereocenters. The first kappa shape index (κ1) is 14.3. The van der Waals surface area contributed by atoms with Crippen LogP contribution in [-0.2, 0) is 0 Å². The maximum atomic E-state index is 4.50. The molecule has 0 amide bonds. The van der Waals surface area contributed by atoms with Crippen molar-refractivity contribution in [2.45, 2.75) is 13.8 Å². The van der Waals surface area contributed by atoms with Crippen molar-refractivity contribution in [3.05, 3.63) is 66.5 Å². The highest BCUT2D eigenvalue weighted by Gasteiger charge is 2.18. The van der Waals surface area contributed by atoms with Gasteiger partial charge in [0.1, 0.15) is 18.0 Å². The second kappa shape index (κ2) is 5.73. The number of hydrogen-bond donors (Lipinski definition) is 1. The van der Waals surface area contributed by atoms with E-state index >= 15 is 0 Å². The summed E-state index contributed by atoms with van der Waals surface area (Å²) >= 11 is 0. The van der Waals surface area contributed by atoms with Gasteiger partial charge in [-0.25, -0.2) is 15.0 Å². The standard InChI is InChI=1S/C18H16N6/c1-12-13(2)24(15-7-3-4-9-20-15)18-16(12)17(21-11-22-18)23-14-6-5-8-19-10-14/h3-11H,1-2H3,(H,21,22,23). The van der Waals surface area contributed by atoms with E-state index in [0.29, 0.717) is 0 Å². The Bertz CT molecular complexity index is 992. The topological polar surface area (TPSA) is 68.5 Å². The molecule has 0 saturated carbocycles. The van der Waals surface area contributed by atoms with E-state index in [9.17, 15) is 0 Å². The molecule has 0 aliphatic rings. The maximum Gasteiger partial charge on any atom is 0.151 e. The fraction of sp³-hybridized carbons (Fsp3) is 0.111. The average Bonchev–Trinajstić information content (AvgIpc) is 2.88. The third-order valence-electron chi connectivity index (χ3n) is 4.09. The molecule has 0 saturated heterocycles. The van der Waals surface area contributed by atoms with Gasteiger partial charge in [-0.15, -0.1) is 0 Å². The highest BCUT2D eigenvalue weighted by molar-refractivity contribution is 5.94. The largest absolute Gasteiger partial charge is 0.338 e. The second-order valence-corrected chi connectivity index (χ2v) is 5.52. The molecule has 6 heteroatoms. The van der Waals surface area contributed by atoms with Crippen LogP contribution >= 0.6 is 0 Å². The van der Waals surface area contributed by atoms with E-state index in [1.807, 2.05) is 30.3 Å². The van der Waals surface area contributed by atoms with E-state index in [4.69, 9.17) is 0 Å². The zero-order valence-corrected chi connectivity index (χ0v) is 13.4. The van der Waals surface area contributed by atoms with Gasteiger partial charge in [0.2, 0.25) is 0 Å². The Morgan fingerprint density at radius 3 is 2.62 bits per heavy atom. The molecule has 0 aliphatic heterocycles. The number of rotatable bonds is 3. The van der Waals surface area contributed by atoms with Crippen molar-refractivity contribution < 1.29 is 0 Å². The second-order valence-electron chi connectivity index (χ2n) is 5.52. The van der Waals surface area contributed by atoms with Crippen LogP contribution in [0.4, 0.5) is 11.5 Å². The molecule has 1 N–H and O–H groups in total. The van der Waals surface area contributed by atoms with Gasteiger partial charge in [-0.2, -0.15) is 0 Å². The number of fused-ring (bicyclic) bond motifs is 1. The third-order valence-corrected chi connectivity index (χ3v) is 4.09. The summed E-state index contributed by atoms with van der Waals surface area (Å²) in [7, 11) is 0. The molecule has 4 heterocycles. The van der Waals surface area contributed by atoms with Gasteiger partial charge in [0.15, 0.2) is 5.65 Å². The number of hydrogen-bond acceptors (Lipinski definition) is 5. The quantitative estimate of drug-likeness (QED) is 0.626. The summed E-state index contributed by atoms with van der Waals surface area (Å²) in [6.07, 6.45) is 6.87. The summed E-state index contributed by atoms with van der Waals surface area (Å²) in [4.78, 5) is 17.5. The normalized spacial score (nSPS) is 10.9. The Balaban J connectivity index is 1.93. The molecule has 0 aliphatic carbocycles. The number of nitrogens with zero attached hydrogens (tertiary/aromatic N) is 5. The molecule has 0 aromatic carbocycles. The van der Waals surface area contributed by atoms with Crippen molar-refractivity contribution in [2.24, 2.45) is 0 Å². The van der Waals surface area contributed by atoms with Crippen LogP contribution in [0.25, 0.3) is 16.9 Å². The van der Waals surface area contributed by atoms with E-state index < -0.39 is 0 Å². The van der Waals surface area contributed by atoms with Gasteiger partial charge in [-0.05, 0) is 43.7 Å². The summed E-state index contributed by atoms with van der Waals surface area (Å²) in [5.41, 5.74) is 3.95. The first-order valence-corrected chi connectivity index (χ1v) is 7.67. The Morgan fingerprint density at radius 1 is 0.958 bits per heavy atom. The lowest BCUT2D eigenvalue weighted by Crippen LogP contribution is -2.01.